The van der Waals surface area contributed by atoms with Crippen molar-refractivity contribution in [2.24, 2.45) is 0 Å². The van der Waals surface area contributed by atoms with Crippen LogP contribution in [0.25, 0.3) is 5.65 Å². The minimum atomic E-state index is -4.57. The van der Waals surface area contributed by atoms with Gasteiger partial charge in [0.05, 0.1) is 10.6 Å². The molecule has 0 saturated heterocycles. The highest BCUT2D eigenvalue weighted by atomic mass is 35.5. The topological polar surface area (TPSA) is 82.6 Å². The fourth-order valence-corrected chi connectivity index (χ4v) is 2.41. The van der Waals surface area contributed by atoms with Gasteiger partial charge in [-0.15, -0.1) is 5.48 Å². The molecular weight excluding hydrogens is 384 g/mol. The van der Waals surface area contributed by atoms with Gasteiger partial charge in [0, 0.05) is 17.4 Å². The Labute approximate surface area is 150 Å². The molecule has 0 spiro atoms. The van der Waals surface area contributed by atoms with Crippen LogP contribution in [0.3, 0.4) is 0 Å². The van der Waals surface area contributed by atoms with Gasteiger partial charge in [-0.05, 0) is 26.0 Å². The zero-order chi connectivity index (χ0) is 19.0. The average Bonchev–Trinajstić information content (AvgIpc) is 2.87. The van der Waals surface area contributed by atoms with E-state index in [1.807, 2.05) is 0 Å². The maximum atomic E-state index is 12.8. The molecule has 6 nitrogen and oxygen atoms in total. The van der Waals surface area contributed by atoms with Gasteiger partial charge in [-0.3, -0.25) is 5.41 Å². The molecule has 0 aliphatic heterocycles. The Kier molecular flexibility index (Phi) is 5.33. The van der Waals surface area contributed by atoms with Crippen LogP contribution in [-0.4, -0.2) is 26.1 Å². The standard InChI is InChI=1S/C14H13Cl2F3N4O2/c1-7(15)4-13(2,24)22-25-11(20)10-6-23-5-8(14(17,18)19)3-9(16)12(23)21-10/h3-6,20,22,24H,1-2H3/b7-4+,20-11?. The number of hydroxylamine groups is 1. The summed E-state index contributed by atoms with van der Waals surface area (Å²) in [5, 5.41) is 17.8. The minimum Gasteiger partial charge on any atom is -0.383 e. The lowest BCUT2D eigenvalue weighted by Crippen LogP contribution is -2.41. The van der Waals surface area contributed by atoms with E-state index in [2.05, 4.69) is 10.5 Å². The molecule has 1 unspecified atom stereocenters. The van der Waals surface area contributed by atoms with E-state index < -0.39 is 23.4 Å². The number of alkyl halides is 3. The summed E-state index contributed by atoms with van der Waals surface area (Å²) in [6.45, 7) is 2.85. The molecule has 136 valence electrons. The number of allylic oxidation sites excluding steroid dienone is 1. The summed E-state index contributed by atoms with van der Waals surface area (Å²) in [5.41, 5.74) is -0.489. The van der Waals surface area contributed by atoms with Crippen molar-refractivity contribution >= 4 is 34.7 Å². The van der Waals surface area contributed by atoms with Crippen molar-refractivity contribution in [3.05, 3.63) is 45.8 Å². The molecule has 1 atom stereocenters. The van der Waals surface area contributed by atoms with Crippen molar-refractivity contribution in [2.45, 2.75) is 25.7 Å². The molecule has 0 aliphatic rings. The summed E-state index contributed by atoms with van der Waals surface area (Å²) in [4.78, 5) is 8.85. The second kappa shape index (κ2) is 6.83. The number of hydrogen-bond donors (Lipinski definition) is 3. The van der Waals surface area contributed by atoms with Crippen LogP contribution in [0.15, 0.2) is 29.6 Å². The summed E-state index contributed by atoms with van der Waals surface area (Å²) in [5.74, 6) is -0.533. The van der Waals surface area contributed by atoms with Crippen LogP contribution in [0.2, 0.25) is 5.02 Å². The normalized spacial score (nSPS) is 15.3. The van der Waals surface area contributed by atoms with E-state index in [-0.39, 0.29) is 21.4 Å². The molecule has 0 bridgehead atoms. The zero-order valence-electron chi connectivity index (χ0n) is 12.9. The van der Waals surface area contributed by atoms with Gasteiger partial charge in [-0.2, -0.15) is 13.2 Å². The van der Waals surface area contributed by atoms with Gasteiger partial charge in [0.15, 0.2) is 11.4 Å². The molecule has 2 rings (SSSR count). The van der Waals surface area contributed by atoms with Crippen LogP contribution in [0.1, 0.15) is 25.1 Å². The predicted octanol–water partition coefficient (Wildman–Crippen LogP) is 3.70. The summed E-state index contributed by atoms with van der Waals surface area (Å²) >= 11 is 11.5. The number of fused-ring (bicyclic) bond motifs is 1. The van der Waals surface area contributed by atoms with Crippen LogP contribution in [0, 0.1) is 5.41 Å². The lowest BCUT2D eigenvalue weighted by molar-refractivity contribution is -0.137. The Morgan fingerprint density at radius 1 is 1.44 bits per heavy atom. The van der Waals surface area contributed by atoms with Crippen LogP contribution in [-0.2, 0) is 11.0 Å². The number of pyridine rings is 1. The lowest BCUT2D eigenvalue weighted by atomic mass is 10.2. The molecule has 0 saturated carbocycles. The molecule has 0 aromatic carbocycles. The Morgan fingerprint density at radius 2 is 2.08 bits per heavy atom. The first-order chi connectivity index (χ1) is 11.4. The maximum Gasteiger partial charge on any atom is 0.417 e. The third-order valence-electron chi connectivity index (χ3n) is 2.91. The number of imidazole rings is 1. The molecular formula is C14H13Cl2F3N4O2. The van der Waals surface area contributed by atoms with E-state index in [0.717, 1.165) is 22.9 Å². The average molecular weight is 397 g/mol. The lowest BCUT2D eigenvalue weighted by Gasteiger charge is -2.20. The molecule has 2 heterocycles. The third kappa shape index (κ3) is 4.85. The largest absolute Gasteiger partial charge is 0.417 e. The Hall–Kier alpha value is -1.81. The van der Waals surface area contributed by atoms with Gasteiger partial charge in [-0.25, -0.2) is 4.98 Å². The number of rotatable bonds is 4. The Balaban J connectivity index is 2.25. The predicted molar refractivity (Wildman–Crippen MR) is 86.5 cm³/mol. The molecule has 11 heteroatoms. The molecule has 3 N–H and O–H groups in total. The molecule has 0 fully saturated rings. The first-order valence-corrected chi connectivity index (χ1v) is 7.50. The van der Waals surface area contributed by atoms with E-state index in [1.165, 1.54) is 19.9 Å². The minimum absolute atomic E-state index is 0.0290. The van der Waals surface area contributed by atoms with Crippen molar-refractivity contribution in [3.63, 3.8) is 0 Å². The third-order valence-corrected chi connectivity index (χ3v) is 3.29. The first kappa shape index (κ1) is 19.5. The van der Waals surface area contributed by atoms with Gasteiger partial charge in [0.25, 0.3) is 5.90 Å². The van der Waals surface area contributed by atoms with E-state index in [0.29, 0.717) is 0 Å². The summed E-state index contributed by atoms with van der Waals surface area (Å²) in [6.07, 6.45) is -1.39. The molecule has 0 radical (unpaired) electrons. The highest BCUT2D eigenvalue weighted by molar-refractivity contribution is 6.33. The van der Waals surface area contributed by atoms with Gasteiger partial charge < -0.3 is 14.3 Å². The SMILES string of the molecule is C/C(Cl)=C\C(C)(O)NOC(=N)c1cn2cc(C(F)(F)F)cc(Cl)c2n1. The quantitative estimate of drug-likeness (QED) is 0.318. The number of nitrogens with one attached hydrogen (secondary N) is 2. The Bertz CT molecular complexity index is 842. The van der Waals surface area contributed by atoms with Crippen molar-refractivity contribution in [1.82, 2.24) is 14.9 Å². The van der Waals surface area contributed by atoms with Crippen LogP contribution in [0.5, 0.6) is 0 Å². The van der Waals surface area contributed by atoms with Crippen molar-refractivity contribution in [1.29, 1.82) is 5.41 Å². The zero-order valence-corrected chi connectivity index (χ0v) is 14.5. The van der Waals surface area contributed by atoms with Crippen LogP contribution in [0.4, 0.5) is 13.2 Å². The maximum absolute atomic E-state index is 12.8. The molecule has 2 aromatic heterocycles. The van der Waals surface area contributed by atoms with E-state index in [9.17, 15) is 18.3 Å². The van der Waals surface area contributed by atoms with Crippen molar-refractivity contribution < 1.29 is 23.1 Å². The van der Waals surface area contributed by atoms with Gasteiger partial charge in [0.2, 0.25) is 0 Å². The molecule has 0 aliphatic carbocycles. The summed E-state index contributed by atoms with van der Waals surface area (Å²) < 4.78 is 39.5. The van der Waals surface area contributed by atoms with E-state index in [1.54, 1.807) is 0 Å². The second-order valence-electron chi connectivity index (χ2n) is 5.34. The van der Waals surface area contributed by atoms with Gasteiger partial charge in [-0.1, -0.05) is 23.2 Å². The molecule has 0 amide bonds. The number of hydrogen-bond acceptors (Lipinski definition) is 5. The van der Waals surface area contributed by atoms with E-state index >= 15 is 0 Å². The number of nitrogens with zero attached hydrogens (tertiary/aromatic N) is 2. The fourth-order valence-electron chi connectivity index (χ4n) is 1.94. The van der Waals surface area contributed by atoms with E-state index in [4.69, 9.17) is 33.4 Å². The van der Waals surface area contributed by atoms with Crippen LogP contribution < -0.4 is 5.48 Å². The molecule has 2 aromatic rings. The summed E-state index contributed by atoms with van der Waals surface area (Å²) in [7, 11) is 0. The second-order valence-corrected chi connectivity index (χ2v) is 6.35. The van der Waals surface area contributed by atoms with Crippen molar-refractivity contribution in [2.75, 3.05) is 0 Å². The van der Waals surface area contributed by atoms with Crippen LogP contribution >= 0.6 is 23.2 Å². The number of halogens is 5. The Morgan fingerprint density at radius 3 is 2.64 bits per heavy atom. The molecule has 25 heavy (non-hydrogen) atoms. The van der Waals surface area contributed by atoms with Crippen molar-refractivity contribution in [3.8, 4) is 0 Å². The smallest absolute Gasteiger partial charge is 0.383 e. The van der Waals surface area contributed by atoms with Gasteiger partial charge in [0.1, 0.15) is 5.69 Å². The number of aromatic nitrogens is 2. The highest BCUT2D eigenvalue weighted by Gasteiger charge is 2.32. The highest BCUT2D eigenvalue weighted by Crippen LogP contribution is 2.32. The van der Waals surface area contributed by atoms with Gasteiger partial charge >= 0.3 is 6.18 Å². The number of aliphatic hydroxyl groups is 1. The summed E-state index contributed by atoms with van der Waals surface area (Å²) in [6, 6.07) is 0.745. The monoisotopic (exact) mass is 396 g/mol. The fraction of sp³-hybridized carbons (Fsp3) is 0.286. The first-order valence-electron chi connectivity index (χ1n) is 6.75.